The first kappa shape index (κ1) is 15.8. The van der Waals surface area contributed by atoms with Crippen LogP contribution in [0.3, 0.4) is 0 Å². The summed E-state index contributed by atoms with van der Waals surface area (Å²) in [5, 5.41) is 0.668. The van der Waals surface area contributed by atoms with Gasteiger partial charge < -0.3 is 14.5 Å². The third-order valence-electron chi connectivity index (χ3n) is 4.73. The fourth-order valence-corrected chi connectivity index (χ4v) is 3.76. The van der Waals surface area contributed by atoms with E-state index in [1.54, 1.807) is 0 Å². The van der Waals surface area contributed by atoms with Crippen LogP contribution in [0.1, 0.15) is 12.0 Å². The van der Waals surface area contributed by atoms with Gasteiger partial charge in [-0.15, -0.1) is 0 Å². The van der Waals surface area contributed by atoms with Crippen LogP contribution in [-0.2, 0) is 16.0 Å². The van der Waals surface area contributed by atoms with E-state index < -0.39 is 0 Å². The number of rotatable bonds is 2. The Balaban J connectivity index is 1.74. The SMILES string of the molecule is CN1CC[C@@H]2[C@@H](COCCN2C(=O)Cc2ccccc2Cl)C1. The molecule has 2 atom stereocenters. The Labute approximate surface area is 137 Å². The van der Waals surface area contributed by atoms with E-state index in [1.165, 1.54) is 0 Å². The molecular formula is C17H23ClN2O2. The van der Waals surface area contributed by atoms with Crippen molar-refractivity contribution >= 4 is 17.5 Å². The number of fused-ring (bicyclic) bond motifs is 1. The molecule has 0 unspecified atom stereocenters. The van der Waals surface area contributed by atoms with Crippen molar-refractivity contribution in [3.05, 3.63) is 34.9 Å². The van der Waals surface area contributed by atoms with Gasteiger partial charge in [-0.1, -0.05) is 29.8 Å². The summed E-state index contributed by atoms with van der Waals surface area (Å²) in [5.41, 5.74) is 0.906. The molecule has 4 nitrogen and oxygen atoms in total. The molecule has 5 heteroatoms. The van der Waals surface area contributed by atoms with Crippen molar-refractivity contribution in [3.63, 3.8) is 0 Å². The molecule has 120 valence electrons. The molecule has 1 amide bonds. The molecule has 2 aliphatic rings. The van der Waals surface area contributed by atoms with Crippen molar-refractivity contribution in [2.75, 3.05) is 39.9 Å². The molecule has 0 bridgehead atoms. The van der Waals surface area contributed by atoms with Crippen LogP contribution in [0.25, 0.3) is 0 Å². The van der Waals surface area contributed by atoms with Crippen LogP contribution < -0.4 is 0 Å². The average molecular weight is 323 g/mol. The lowest BCUT2D eigenvalue weighted by Crippen LogP contribution is -2.52. The lowest BCUT2D eigenvalue weighted by Gasteiger charge is -2.41. The maximum absolute atomic E-state index is 12.8. The molecule has 0 N–H and O–H groups in total. The largest absolute Gasteiger partial charge is 0.379 e. The van der Waals surface area contributed by atoms with Gasteiger partial charge in [0.05, 0.1) is 19.6 Å². The fraction of sp³-hybridized carbons (Fsp3) is 0.588. The number of likely N-dealkylation sites (tertiary alicyclic amines) is 1. The van der Waals surface area contributed by atoms with Crippen molar-refractivity contribution in [1.82, 2.24) is 9.80 Å². The topological polar surface area (TPSA) is 32.8 Å². The van der Waals surface area contributed by atoms with E-state index in [1.807, 2.05) is 29.2 Å². The number of ether oxygens (including phenoxy) is 1. The van der Waals surface area contributed by atoms with E-state index in [4.69, 9.17) is 16.3 Å². The maximum atomic E-state index is 12.8. The minimum Gasteiger partial charge on any atom is -0.379 e. The molecule has 0 saturated carbocycles. The molecule has 2 saturated heterocycles. The first-order valence-corrected chi connectivity index (χ1v) is 8.32. The summed E-state index contributed by atoms with van der Waals surface area (Å²) >= 11 is 6.19. The number of hydrogen-bond donors (Lipinski definition) is 0. The molecule has 0 spiro atoms. The highest BCUT2D eigenvalue weighted by molar-refractivity contribution is 6.31. The van der Waals surface area contributed by atoms with E-state index in [0.29, 0.717) is 36.6 Å². The summed E-state index contributed by atoms with van der Waals surface area (Å²) in [4.78, 5) is 17.2. The number of carbonyl (C=O) groups is 1. The van der Waals surface area contributed by atoms with Crippen LogP contribution in [-0.4, -0.2) is 61.6 Å². The van der Waals surface area contributed by atoms with Gasteiger partial charge in [0.1, 0.15) is 0 Å². The number of hydrogen-bond acceptors (Lipinski definition) is 3. The van der Waals surface area contributed by atoms with Gasteiger partial charge in [-0.05, 0) is 31.6 Å². The van der Waals surface area contributed by atoms with Crippen molar-refractivity contribution in [2.24, 2.45) is 5.92 Å². The zero-order valence-electron chi connectivity index (χ0n) is 13.0. The zero-order valence-corrected chi connectivity index (χ0v) is 13.8. The van der Waals surface area contributed by atoms with Gasteiger partial charge in [-0.3, -0.25) is 4.79 Å². The van der Waals surface area contributed by atoms with Gasteiger partial charge in [0, 0.05) is 30.1 Å². The first-order valence-electron chi connectivity index (χ1n) is 7.94. The molecule has 0 radical (unpaired) electrons. The number of amides is 1. The Morgan fingerprint density at radius 1 is 1.36 bits per heavy atom. The highest BCUT2D eigenvalue weighted by Gasteiger charge is 2.36. The van der Waals surface area contributed by atoms with Crippen molar-refractivity contribution in [2.45, 2.75) is 18.9 Å². The first-order chi connectivity index (χ1) is 10.6. The molecule has 1 aromatic rings. The lowest BCUT2D eigenvalue weighted by atomic mass is 9.91. The second-order valence-corrected chi connectivity index (χ2v) is 6.72. The number of nitrogens with zero attached hydrogens (tertiary/aromatic N) is 2. The van der Waals surface area contributed by atoms with E-state index in [-0.39, 0.29) is 5.91 Å². The second-order valence-electron chi connectivity index (χ2n) is 6.31. The molecule has 2 heterocycles. The summed E-state index contributed by atoms with van der Waals surface area (Å²) in [6.45, 7) is 4.11. The summed E-state index contributed by atoms with van der Waals surface area (Å²) < 4.78 is 5.72. The van der Waals surface area contributed by atoms with Gasteiger partial charge in [-0.25, -0.2) is 0 Å². The van der Waals surface area contributed by atoms with Gasteiger partial charge in [0.15, 0.2) is 0 Å². The fourth-order valence-electron chi connectivity index (χ4n) is 3.56. The maximum Gasteiger partial charge on any atom is 0.227 e. The predicted molar refractivity (Wildman–Crippen MR) is 87.1 cm³/mol. The quantitative estimate of drug-likeness (QED) is 0.835. The Kier molecular flexibility index (Phi) is 5.01. The Morgan fingerprint density at radius 2 is 2.18 bits per heavy atom. The summed E-state index contributed by atoms with van der Waals surface area (Å²) in [7, 11) is 2.14. The smallest absolute Gasteiger partial charge is 0.227 e. The van der Waals surface area contributed by atoms with E-state index >= 15 is 0 Å². The Morgan fingerprint density at radius 3 is 3.00 bits per heavy atom. The summed E-state index contributed by atoms with van der Waals surface area (Å²) in [6, 6.07) is 7.89. The number of benzene rings is 1. The van der Waals surface area contributed by atoms with Crippen LogP contribution >= 0.6 is 11.6 Å². The van der Waals surface area contributed by atoms with Gasteiger partial charge in [0.2, 0.25) is 5.91 Å². The standard InChI is InChI=1S/C17H23ClN2O2/c1-19-7-6-16-14(11-19)12-22-9-8-20(16)17(21)10-13-4-2-3-5-15(13)18/h2-5,14,16H,6-12H2,1H3/t14-,16-/m1/s1. The average Bonchev–Trinajstić information content (AvgIpc) is 2.71. The molecule has 2 fully saturated rings. The van der Waals surface area contributed by atoms with Crippen LogP contribution in [0, 0.1) is 5.92 Å². The Bertz CT molecular complexity index is 537. The molecule has 2 aliphatic heterocycles. The zero-order chi connectivity index (χ0) is 15.5. The second kappa shape index (κ2) is 6.99. The highest BCUT2D eigenvalue weighted by atomic mass is 35.5. The van der Waals surface area contributed by atoms with Crippen LogP contribution in [0.5, 0.6) is 0 Å². The third kappa shape index (κ3) is 3.45. The van der Waals surface area contributed by atoms with E-state index in [2.05, 4.69) is 11.9 Å². The van der Waals surface area contributed by atoms with Crippen LogP contribution in [0.2, 0.25) is 5.02 Å². The molecule has 3 rings (SSSR count). The Hall–Kier alpha value is -1.10. The number of halogens is 1. The van der Waals surface area contributed by atoms with Gasteiger partial charge in [-0.2, -0.15) is 0 Å². The van der Waals surface area contributed by atoms with Gasteiger partial charge in [0.25, 0.3) is 0 Å². The van der Waals surface area contributed by atoms with Crippen molar-refractivity contribution < 1.29 is 9.53 Å². The molecule has 0 aliphatic carbocycles. The summed E-state index contributed by atoms with van der Waals surface area (Å²) in [6.07, 6.45) is 1.40. The molecule has 22 heavy (non-hydrogen) atoms. The number of piperidine rings is 1. The molecule has 1 aromatic carbocycles. The van der Waals surface area contributed by atoms with Crippen molar-refractivity contribution in [1.29, 1.82) is 0 Å². The third-order valence-corrected chi connectivity index (χ3v) is 5.09. The van der Waals surface area contributed by atoms with Crippen molar-refractivity contribution in [3.8, 4) is 0 Å². The molecule has 0 aromatic heterocycles. The molecular weight excluding hydrogens is 300 g/mol. The minimum absolute atomic E-state index is 0.165. The van der Waals surface area contributed by atoms with Crippen LogP contribution in [0.15, 0.2) is 24.3 Å². The summed E-state index contributed by atoms with van der Waals surface area (Å²) in [5.74, 6) is 0.578. The number of carbonyl (C=O) groups excluding carboxylic acids is 1. The highest BCUT2D eigenvalue weighted by Crippen LogP contribution is 2.26. The van der Waals surface area contributed by atoms with E-state index in [0.717, 1.165) is 31.7 Å². The lowest BCUT2D eigenvalue weighted by molar-refractivity contribution is -0.134. The van der Waals surface area contributed by atoms with Gasteiger partial charge >= 0.3 is 0 Å². The normalized spacial score (nSPS) is 26.4. The van der Waals surface area contributed by atoms with Crippen LogP contribution in [0.4, 0.5) is 0 Å². The monoisotopic (exact) mass is 322 g/mol. The minimum atomic E-state index is 0.165. The van der Waals surface area contributed by atoms with E-state index in [9.17, 15) is 4.79 Å². The predicted octanol–water partition coefficient (Wildman–Crippen LogP) is 2.06.